The van der Waals surface area contributed by atoms with Gasteiger partial charge < -0.3 is 5.32 Å². The summed E-state index contributed by atoms with van der Waals surface area (Å²) in [5.74, 6) is -3.51. The van der Waals surface area contributed by atoms with E-state index in [0.29, 0.717) is 11.6 Å². The van der Waals surface area contributed by atoms with Crippen LogP contribution in [0.25, 0.3) is 0 Å². The van der Waals surface area contributed by atoms with Crippen molar-refractivity contribution in [3.05, 3.63) is 29.6 Å². The van der Waals surface area contributed by atoms with E-state index < -0.39 is 29.4 Å². The Bertz CT molecular complexity index is 449. The summed E-state index contributed by atoms with van der Waals surface area (Å²) in [7, 11) is 0. The largest absolute Gasteiger partial charge is 0.322 e. The first-order chi connectivity index (χ1) is 8.09. The number of amides is 1. The van der Waals surface area contributed by atoms with E-state index in [1.54, 1.807) is 0 Å². The van der Waals surface area contributed by atoms with Crippen LogP contribution in [0.15, 0.2) is 12.1 Å². The summed E-state index contributed by atoms with van der Waals surface area (Å²) in [5, 5.41) is 5.11. The van der Waals surface area contributed by atoms with Crippen LogP contribution in [-0.4, -0.2) is 23.6 Å². The van der Waals surface area contributed by atoms with Gasteiger partial charge in [-0.2, -0.15) is 0 Å². The van der Waals surface area contributed by atoms with Crippen LogP contribution in [0.1, 0.15) is 0 Å². The maximum absolute atomic E-state index is 13.3. The number of anilines is 1. The molecule has 1 amide bonds. The normalized spacial score (nSPS) is 19.4. The van der Waals surface area contributed by atoms with Crippen molar-refractivity contribution in [2.45, 2.75) is 6.04 Å². The summed E-state index contributed by atoms with van der Waals surface area (Å²) in [5.41, 5.74) is -0.354. The van der Waals surface area contributed by atoms with Gasteiger partial charge in [0.05, 0.1) is 11.7 Å². The van der Waals surface area contributed by atoms with Crippen LogP contribution < -0.4 is 10.6 Å². The zero-order chi connectivity index (χ0) is 12.4. The number of nitrogens with one attached hydrogen (secondary N) is 2. The smallest absolute Gasteiger partial charge is 0.242 e. The Balaban J connectivity index is 2.13. The van der Waals surface area contributed by atoms with Crippen LogP contribution in [0.3, 0.4) is 0 Å². The topological polar surface area (TPSA) is 41.1 Å². The van der Waals surface area contributed by atoms with Crippen molar-refractivity contribution in [2.75, 3.05) is 16.9 Å². The molecule has 7 heteroatoms. The average molecular weight is 262 g/mol. The first-order valence-corrected chi connectivity index (χ1v) is 6.00. The van der Waals surface area contributed by atoms with Crippen LogP contribution in [0, 0.1) is 17.5 Å². The number of carbonyl (C=O) groups is 1. The van der Waals surface area contributed by atoms with Gasteiger partial charge in [-0.25, -0.2) is 13.2 Å². The van der Waals surface area contributed by atoms with E-state index in [9.17, 15) is 18.0 Å². The average Bonchev–Trinajstić information content (AvgIpc) is 2.83. The zero-order valence-electron chi connectivity index (χ0n) is 8.60. The molecule has 1 heterocycles. The zero-order valence-corrected chi connectivity index (χ0v) is 9.41. The molecular formula is C10H9F3N2OS. The molecule has 2 N–H and O–H groups in total. The Labute approximate surface area is 99.8 Å². The molecule has 0 aliphatic carbocycles. The molecule has 1 aromatic carbocycles. The third-order valence-electron chi connectivity index (χ3n) is 2.33. The molecule has 0 saturated carbocycles. The molecule has 1 atom stereocenters. The molecule has 1 aliphatic rings. The van der Waals surface area contributed by atoms with Crippen LogP contribution >= 0.6 is 11.8 Å². The lowest BCUT2D eigenvalue weighted by Crippen LogP contribution is -2.37. The van der Waals surface area contributed by atoms with Crippen LogP contribution in [0.5, 0.6) is 0 Å². The lowest BCUT2D eigenvalue weighted by atomic mass is 10.2. The molecule has 1 fully saturated rings. The van der Waals surface area contributed by atoms with Gasteiger partial charge in [0.25, 0.3) is 0 Å². The maximum atomic E-state index is 13.3. The minimum absolute atomic E-state index is 0.354. The van der Waals surface area contributed by atoms with Gasteiger partial charge in [-0.15, -0.1) is 11.8 Å². The Morgan fingerprint density at radius 3 is 2.76 bits per heavy atom. The number of rotatable bonds is 2. The molecule has 0 spiro atoms. The number of hydrogen-bond acceptors (Lipinski definition) is 3. The molecule has 0 radical (unpaired) electrons. The second kappa shape index (κ2) is 4.97. The van der Waals surface area contributed by atoms with Crippen LogP contribution in [-0.2, 0) is 4.79 Å². The summed E-state index contributed by atoms with van der Waals surface area (Å²) in [6.07, 6.45) is 0. The quantitative estimate of drug-likeness (QED) is 0.797. The fourth-order valence-corrected chi connectivity index (χ4v) is 2.35. The Kier molecular flexibility index (Phi) is 3.58. The van der Waals surface area contributed by atoms with E-state index in [1.807, 2.05) is 0 Å². The summed E-state index contributed by atoms with van der Waals surface area (Å²) < 4.78 is 38.8. The van der Waals surface area contributed by atoms with Crippen molar-refractivity contribution >= 4 is 23.4 Å². The number of benzene rings is 1. The Hall–Kier alpha value is -1.21. The molecule has 0 aromatic heterocycles. The highest BCUT2D eigenvalue weighted by atomic mass is 32.2. The minimum Gasteiger partial charge on any atom is -0.322 e. The third kappa shape index (κ3) is 2.55. The van der Waals surface area contributed by atoms with Crippen molar-refractivity contribution in [1.82, 2.24) is 5.32 Å². The highest BCUT2D eigenvalue weighted by Crippen LogP contribution is 2.20. The standard InChI is InChI=1S/C10H9F3N2OS/c11-5-1-2-6(9(13)8(5)12)15-10(16)7-3-17-4-14-7/h1-2,7,14H,3-4H2,(H,15,16). The van der Waals surface area contributed by atoms with Crippen molar-refractivity contribution in [1.29, 1.82) is 0 Å². The monoisotopic (exact) mass is 262 g/mol. The highest BCUT2D eigenvalue weighted by molar-refractivity contribution is 7.99. The van der Waals surface area contributed by atoms with Gasteiger partial charge in [0.1, 0.15) is 0 Å². The van der Waals surface area contributed by atoms with Gasteiger partial charge in [0.2, 0.25) is 5.91 Å². The van der Waals surface area contributed by atoms with E-state index >= 15 is 0 Å². The lowest BCUT2D eigenvalue weighted by Gasteiger charge is -2.11. The SMILES string of the molecule is O=C(Nc1ccc(F)c(F)c1F)C1CSCN1. The molecule has 92 valence electrons. The van der Waals surface area contributed by atoms with Crippen molar-refractivity contribution < 1.29 is 18.0 Å². The maximum Gasteiger partial charge on any atom is 0.242 e. The van der Waals surface area contributed by atoms with Gasteiger partial charge >= 0.3 is 0 Å². The molecule has 1 aliphatic heterocycles. The fraction of sp³-hybridized carbons (Fsp3) is 0.300. The van der Waals surface area contributed by atoms with Crippen molar-refractivity contribution in [2.24, 2.45) is 0 Å². The van der Waals surface area contributed by atoms with E-state index in [1.165, 1.54) is 11.8 Å². The second-order valence-corrected chi connectivity index (χ2v) is 4.51. The summed E-state index contributed by atoms with van der Waals surface area (Å²) in [6.45, 7) is 0. The number of thioether (sulfide) groups is 1. The van der Waals surface area contributed by atoms with E-state index in [2.05, 4.69) is 10.6 Å². The first kappa shape index (κ1) is 12.3. The summed E-state index contributed by atoms with van der Waals surface area (Å²) >= 11 is 1.53. The Morgan fingerprint density at radius 2 is 2.12 bits per heavy atom. The molecule has 3 nitrogen and oxygen atoms in total. The number of carbonyl (C=O) groups excluding carboxylic acids is 1. The molecule has 17 heavy (non-hydrogen) atoms. The van der Waals surface area contributed by atoms with Gasteiger partial charge in [-0.1, -0.05) is 0 Å². The highest BCUT2D eigenvalue weighted by Gasteiger charge is 2.24. The van der Waals surface area contributed by atoms with E-state index in [0.717, 1.165) is 12.1 Å². The lowest BCUT2D eigenvalue weighted by molar-refractivity contribution is -0.117. The molecule has 2 rings (SSSR count). The first-order valence-electron chi connectivity index (χ1n) is 4.85. The molecule has 1 unspecified atom stereocenters. The number of hydrogen-bond donors (Lipinski definition) is 2. The minimum atomic E-state index is -1.59. The van der Waals surface area contributed by atoms with Gasteiger partial charge in [-0.05, 0) is 12.1 Å². The molecule has 0 bridgehead atoms. The summed E-state index contributed by atoms with van der Waals surface area (Å²) in [6, 6.07) is 1.33. The molecule has 1 aromatic rings. The van der Waals surface area contributed by atoms with E-state index in [-0.39, 0.29) is 5.69 Å². The second-order valence-electron chi connectivity index (χ2n) is 3.48. The van der Waals surface area contributed by atoms with Gasteiger partial charge in [-0.3, -0.25) is 10.1 Å². The predicted octanol–water partition coefficient (Wildman–Crippen LogP) is 1.70. The summed E-state index contributed by atoms with van der Waals surface area (Å²) in [4.78, 5) is 11.6. The third-order valence-corrected chi connectivity index (χ3v) is 3.27. The van der Waals surface area contributed by atoms with Crippen molar-refractivity contribution in [3.8, 4) is 0 Å². The van der Waals surface area contributed by atoms with Crippen LogP contribution in [0.4, 0.5) is 18.9 Å². The predicted molar refractivity (Wildman–Crippen MR) is 59.2 cm³/mol. The van der Waals surface area contributed by atoms with Crippen LogP contribution in [0.2, 0.25) is 0 Å². The van der Waals surface area contributed by atoms with E-state index in [4.69, 9.17) is 0 Å². The van der Waals surface area contributed by atoms with Gasteiger partial charge in [0, 0.05) is 11.6 Å². The Morgan fingerprint density at radius 1 is 1.35 bits per heavy atom. The molecule has 1 saturated heterocycles. The number of halogens is 3. The molecular weight excluding hydrogens is 253 g/mol. The fourth-order valence-electron chi connectivity index (χ4n) is 1.41. The van der Waals surface area contributed by atoms with Gasteiger partial charge in [0.15, 0.2) is 17.5 Å². The van der Waals surface area contributed by atoms with Crippen molar-refractivity contribution in [3.63, 3.8) is 0 Å².